The van der Waals surface area contributed by atoms with Gasteiger partial charge in [-0.05, 0) is 57.0 Å². The number of nitrogens with two attached hydrogens (primary N) is 1. The molecule has 1 atom stereocenters. The molecule has 0 saturated heterocycles. The van der Waals surface area contributed by atoms with E-state index in [1.165, 1.54) is 16.6 Å². The summed E-state index contributed by atoms with van der Waals surface area (Å²) in [7, 11) is 0. The first-order chi connectivity index (χ1) is 7.63. The Morgan fingerprint density at radius 1 is 1.31 bits per heavy atom. The zero-order valence-electron chi connectivity index (χ0n) is 10.2. The fourth-order valence-electron chi connectivity index (χ4n) is 2.01. The molecule has 1 unspecified atom stereocenters. The summed E-state index contributed by atoms with van der Waals surface area (Å²) in [5.41, 5.74) is 10.5. The highest BCUT2D eigenvalue weighted by atomic mass is 15.1. The van der Waals surface area contributed by atoms with Gasteiger partial charge >= 0.3 is 0 Å². The maximum absolute atomic E-state index is 5.60. The van der Waals surface area contributed by atoms with E-state index in [2.05, 4.69) is 42.5 Å². The van der Waals surface area contributed by atoms with Crippen LogP contribution in [-0.4, -0.2) is 16.1 Å². The molecule has 1 aromatic carbocycles. The molecule has 3 nitrogen and oxygen atoms in total. The molecule has 1 aromatic heterocycles. The molecule has 0 fully saturated rings. The average Bonchev–Trinajstić information content (AvgIpc) is 2.62. The maximum Gasteiger partial charge on any atom is 0.0960 e. The minimum atomic E-state index is 0.414. The van der Waals surface area contributed by atoms with Crippen LogP contribution >= 0.6 is 0 Å². The van der Waals surface area contributed by atoms with Crippen LogP contribution in [0.15, 0.2) is 18.5 Å². The van der Waals surface area contributed by atoms with Crippen LogP contribution in [0, 0.1) is 13.8 Å². The molecular weight excluding hydrogens is 198 g/mol. The van der Waals surface area contributed by atoms with Gasteiger partial charge in [0.15, 0.2) is 0 Å². The zero-order valence-corrected chi connectivity index (χ0v) is 10.2. The maximum atomic E-state index is 5.60. The van der Waals surface area contributed by atoms with Gasteiger partial charge in [-0.15, -0.1) is 0 Å². The second-order valence-electron chi connectivity index (χ2n) is 4.50. The predicted octanol–water partition coefficient (Wildman–Crippen LogP) is 2.56. The van der Waals surface area contributed by atoms with Gasteiger partial charge in [0.1, 0.15) is 0 Å². The minimum absolute atomic E-state index is 0.414. The summed E-state index contributed by atoms with van der Waals surface area (Å²) >= 11 is 0. The van der Waals surface area contributed by atoms with E-state index >= 15 is 0 Å². The fraction of sp³-hybridized carbons (Fsp3) is 0.462. The van der Waals surface area contributed by atoms with Crippen LogP contribution in [0.4, 0.5) is 0 Å². The second-order valence-corrected chi connectivity index (χ2v) is 4.50. The molecule has 0 aliphatic carbocycles. The zero-order chi connectivity index (χ0) is 11.7. The summed E-state index contributed by atoms with van der Waals surface area (Å²) in [6.45, 7) is 7.16. The van der Waals surface area contributed by atoms with Crippen molar-refractivity contribution in [2.75, 3.05) is 6.54 Å². The molecule has 2 N–H and O–H groups in total. The Morgan fingerprint density at radius 3 is 2.69 bits per heavy atom. The number of nitrogens with zero attached hydrogens (tertiary/aromatic N) is 2. The van der Waals surface area contributed by atoms with Crippen molar-refractivity contribution in [1.82, 2.24) is 9.55 Å². The third-order valence-corrected chi connectivity index (χ3v) is 3.25. The van der Waals surface area contributed by atoms with Gasteiger partial charge in [0.25, 0.3) is 0 Å². The Kier molecular flexibility index (Phi) is 2.97. The molecule has 0 saturated carbocycles. The van der Waals surface area contributed by atoms with Crippen LogP contribution in [-0.2, 0) is 0 Å². The van der Waals surface area contributed by atoms with E-state index in [1.54, 1.807) is 0 Å². The molecule has 0 radical (unpaired) electrons. The number of rotatable bonds is 3. The SMILES string of the molecule is Cc1cc2ncn(C(C)CCN)c2cc1C. The third-order valence-electron chi connectivity index (χ3n) is 3.25. The first-order valence-corrected chi connectivity index (χ1v) is 5.77. The first kappa shape index (κ1) is 11.1. The lowest BCUT2D eigenvalue weighted by atomic mass is 10.1. The number of imidazole rings is 1. The summed E-state index contributed by atoms with van der Waals surface area (Å²) in [5.74, 6) is 0. The number of fused-ring (bicyclic) bond motifs is 1. The lowest BCUT2D eigenvalue weighted by molar-refractivity contribution is 0.526. The number of hydrogen-bond acceptors (Lipinski definition) is 2. The van der Waals surface area contributed by atoms with E-state index < -0.39 is 0 Å². The Bertz CT molecular complexity index is 499. The number of aryl methyl sites for hydroxylation is 2. The number of hydrogen-bond donors (Lipinski definition) is 1. The third kappa shape index (κ3) is 1.83. The lowest BCUT2D eigenvalue weighted by Gasteiger charge is -2.13. The Morgan fingerprint density at radius 2 is 2.00 bits per heavy atom. The Balaban J connectivity index is 2.51. The number of benzene rings is 1. The van der Waals surface area contributed by atoms with Gasteiger partial charge in [0.05, 0.1) is 17.4 Å². The second kappa shape index (κ2) is 4.26. The monoisotopic (exact) mass is 217 g/mol. The van der Waals surface area contributed by atoms with Gasteiger partial charge in [-0.2, -0.15) is 0 Å². The molecule has 0 spiro atoms. The summed E-state index contributed by atoms with van der Waals surface area (Å²) in [4.78, 5) is 4.45. The molecule has 0 aliphatic rings. The summed E-state index contributed by atoms with van der Waals surface area (Å²) in [6.07, 6.45) is 2.91. The van der Waals surface area contributed by atoms with Crippen LogP contribution in [0.25, 0.3) is 11.0 Å². The van der Waals surface area contributed by atoms with Crippen molar-refractivity contribution in [2.45, 2.75) is 33.2 Å². The van der Waals surface area contributed by atoms with Crippen molar-refractivity contribution in [1.29, 1.82) is 0 Å². The smallest absolute Gasteiger partial charge is 0.0960 e. The molecule has 1 heterocycles. The van der Waals surface area contributed by atoms with Gasteiger partial charge in [-0.1, -0.05) is 0 Å². The van der Waals surface area contributed by atoms with E-state index in [9.17, 15) is 0 Å². The molecule has 2 rings (SSSR count). The first-order valence-electron chi connectivity index (χ1n) is 5.77. The van der Waals surface area contributed by atoms with E-state index in [0.717, 1.165) is 11.9 Å². The van der Waals surface area contributed by atoms with Crippen LogP contribution < -0.4 is 5.73 Å². The Labute approximate surface area is 96.3 Å². The summed E-state index contributed by atoms with van der Waals surface area (Å²) < 4.78 is 2.22. The van der Waals surface area contributed by atoms with Crippen LogP contribution in [0.3, 0.4) is 0 Å². The summed E-state index contributed by atoms with van der Waals surface area (Å²) in [5, 5.41) is 0. The van der Waals surface area contributed by atoms with Crippen LogP contribution in [0.2, 0.25) is 0 Å². The van der Waals surface area contributed by atoms with Gasteiger partial charge in [0.2, 0.25) is 0 Å². The van der Waals surface area contributed by atoms with Gasteiger partial charge in [-0.25, -0.2) is 4.98 Å². The van der Waals surface area contributed by atoms with Crippen molar-refractivity contribution >= 4 is 11.0 Å². The molecular formula is C13H19N3. The van der Waals surface area contributed by atoms with Crippen LogP contribution in [0.5, 0.6) is 0 Å². The highest BCUT2D eigenvalue weighted by molar-refractivity contribution is 5.77. The molecule has 86 valence electrons. The molecule has 3 heteroatoms. The van der Waals surface area contributed by atoms with E-state index in [-0.39, 0.29) is 0 Å². The minimum Gasteiger partial charge on any atom is -0.330 e. The highest BCUT2D eigenvalue weighted by Gasteiger charge is 2.09. The topological polar surface area (TPSA) is 43.8 Å². The average molecular weight is 217 g/mol. The van der Waals surface area contributed by atoms with E-state index in [4.69, 9.17) is 5.73 Å². The van der Waals surface area contributed by atoms with Gasteiger partial charge < -0.3 is 10.3 Å². The van der Waals surface area contributed by atoms with Gasteiger partial charge in [-0.3, -0.25) is 0 Å². The number of aromatic nitrogens is 2. The lowest BCUT2D eigenvalue weighted by Crippen LogP contribution is -2.10. The normalized spacial score (nSPS) is 13.2. The predicted molar refractivity (Wildman–Crippen MR) is 67.6 cm³/mol. The highest BCUT2D eigenvalue weighted by Crippen LogP contribution is 2.22. The van der Waals surface area contributed by atoms with E-state index in [0.29, 0.717) is 12.6 Å². The molecule has 2 aromatic rings. The van der Waals surface area contributed by atoms with Crippen molar-refractivity contribution in [2.24, 2.45) is 5.73 Å². The molecule has 16 heavy (non-hydrogen) atoms. The largest absolute Gasteiger partial charge is 0.330 e. The van der Waals surface area contributed by atoms with Gasteiger partial charge in [0, 0.05) is 6.04 Å². The van der Waals surface area contributed by atoms with Crippen molar-refractivity contribution < 1.29 is 0 Å². The molecule has 0 aliphatic heterocycles. The fourth-order valence-corrected chi connectivity index (χ4v) is 2.01. The van der Waals surface area contributed by atoms with E-state index in [1.807, 2.05) is 6.33 Å². The van der Waals surface area contributed by atoms with Crippen LogP contribution in [0.1, 0.15) is 30.5 Å². The molecule has 0 bridgehead atoms. The summed E-state index contributed by atoms with van der Waals surface area (Å²) in [6, 6.07) is 4.78. The standard InChI is InChI=1S/C13H19N3/c1-9-6-12-13(7-10(9)2)16(8-15-12)11(3)4-5-14/h6-8,11H,4-5,14H2,1-3H3. The quantitative estimate of drug-likeness (QED) is 0.858. The Hall–Kier alpha value is -1.35. The van der Waals surface area contributed by atoms with Crippen molar-refractivity contribution in [3.05, 3.63) is 29.6 Å². The molecule has 0 amide bonds. The van der Waals surface area contributed by atoms with Crippen molar-refractivity contribution in [3.8, 4) is 0 Å². The van der Waals surface area contributed by atoms with Crippen molar-refractivity contribution in [3.63, 3.8) is 0 Å².